The van der Waals surface area contributed by atoms with Gasteiger partial charge >= 0.3 is 0 Å². The number of rotatable bonds is 3. The Hall–Kier alpha value is -2.41. The molecule has 1 fully saturated rings. The van der Waals surface area contributed by atoms with E-state index in [1.165, 1.54) is 0 Å². The number of imidazole rings is 1. The van der Waals surface area contributed by atoms with Crippen molar-refractivity contribution in [2.24, 2.45) is 0 Å². The third kappa shape index (κ3) is 3.51. The summed E-state index contributed by atoms with van der Waals surface area (Å²) in [6.45, 7) is 5.90. The number of morpholine rings is 1. The first-order valence-corrected chi connectivity index (χ1v) is 8.81. The van der Waals surface area contributed by atoms with E-state index in [4.69, 9.17) is 4.74 Å². The van der Waals surface area contributed by atoms with Crippen molar-refractivity contribution >= 4 is 11.6 Å². The zero-order chi connectivity index (χ0) is 17.2. The van der Waals surface area contributed by atoms with Crippen LogP contribution in [-0.2, 0) is 17.7 Å². The lowest BCUT2D eigenvalue weighted by molar-refractivity contribution is 0.0922. The second-order valence-electron chi connectivity index (χ2n) is 6.66. The minimum atomic E-state index is -0.111. The van der Waals surface area contributed by atoms with Crippen LogP contribution >= 0.6 is 0 Å². The van der Waals surface area contributed by atoms with Gasteiger partial charge in [0.05, 0.1) is 18.9 Å². The van der Waals surface area contributed by atoms with Gasteiger partial charge in [0.2, 0.25) is 0 Å². The maximum absolute atomic E-state index is 12.6. The van der Waals surface area contributed by atoms with E-state index >= 15 is 0 Å². The molecule has 1 atom stereocenters. The fourth-order valence-corrected chi connectivity index (χ4v) is 3.53. The molecule has 7 nitrogen and oxygen atoms in total. The first-order valence-electron chi connectivity index (χ1n) is 8.81. The summed E-state index contributed by atoms with van der Waals surface area (Å²) in [7, 11) is 0. The molecular weight excluding hydrogens is 318 g/mol. The SMILES string of the molecule is Cc1cn2c(n1)CCC(NC(=O)c1cc(N3CCOCC3)ccn1)C2. The molecule has 0 saturated carbocycles. The number of aryl methyl sites for hydroxylation is 2. The summed E-state index contributed by atoms with van der Waals surface area (Å²) in [5.74, 6) is 0.996. The number of hydrogen-bond acceptors (Lipinski definition) is 5. The van der Waals surface area contributed by atoms with Gasteiger partial charge in [-0.1, -0.05) is 0 Å². The van der Waals surface area contributed by atoms with Crippen LogP contribution in [0.15, 0.2) is 24.5 Å². The second kappa shape index (κ2) is 6.84. The minimum Gasteiger partial charge on any atom is -0.378 e. The highest BCUT2D eigenvalue weighted by Gasteiger charge is 2.22. The van der Waals surface area contributed by atoms with Crippen molar-refractivity contribution in [3.8, 4) is 0 Å². The molecule has 2 aromatic rings. The Morgan fingerprint density at radius 2 is 2.20 bits per heavy atom. The van der Waals surface area contributed by atoms with Crippen molar-refractivity contribution in [1.82, 2.24) is 19.9 Å². The summed E-state index contributed by atoms with van der Waals surface area (Å²) >= 11 is 0. The number of pyridine rings is 1. The minimum absolute atomic E-state index is 0.111. The van der Waals surface area contributed by atoms with Gasteiger partial charge in [0.15, 0.2) is 0 Å². The zero-order valence-electron chi connectivity index (χ0n) is 14.4. The average molecular weight is 341 g/mol. The summed E-state index contributed by atoms with van der Waals surface area (Å²) in [6.07, 6.45) is 5.55. The van der Waals surface area contributed by atoms with Crippen molar-refractivity contribution in [2.75, 3.05) is 31.2 Å². The highest BCUT2D eigenvalue weighted by molar-refractivity contribution is 5.93. The van der Waals surface area contributed by atoms with Gasteiger partial charge in [-0.15, -0.1) is 0 Å². The Labute approximate surface area is 147 Å². The molecule has 2 aliphatic heterocycles. The van der Waals surface area contributed by atoms with E-state index in [0.717, 1.165) is 62.9 Å². The van der Waals surface area contributed by atoms with E-state index in [2.05, 4.69) is 24.8 Å². The molecule has 1 amide bonds. The number of carbonyl (C=O) groups is 1. The van der Waals surface area contributed by atoms with Crippen LogP contribution in [0.3, 0.4) is 0 Å². The van der Waals surface area contributed by atoms with Crippen molar-refractivity contribution in [3.05, 3.63) is 41.7 Å². The number of nitrogens with zero attached hydrogens (tertiary/aromatic N) is 4. The number of aromatic nitrogens is 3. The van der Waals surface area contributed by atoms with Crippen LogP contribution in [0.2, 0.25) is 0 Å². The Morgan fingerprint density at radius 3 is 3.04 bits per heavy atom. The normalized spacial score (nSPS) is 20.2. The van der Waals surface area contributed by atoms with Gasteiger partial charge in [-0.25, -0.2) is 4.98 Å². The first-order chi connectivity index (χ1) is 12.2. The van der Waals surface area contributed by atoms with Gasteiger partial charge in [-0.2, -0.15) is 0 Å². The summed E-state index contributed by atoms with van der Waals surface area (Å²) < 4.78 is 7.53. The van der Waals surface area contributed by atoms with E-state index < -0.39 is 0 Å². The van der Waals surface area contributed by atoms with Crippen molar-refractivity contribution in [2.45, 2.75) is 32.4 Å². The predicted octanol–water partition coefficient (Wildman–Crippen LogP) is 1.17. The number of anilines is 1. The summed E-state index contributed by atoms with van der Waals surface area (Å²) in [5, 5.41) is 3.12. The van der Waals surface area contributed by atoms with E-state index in [0.29, 0.717) is 5.69 Å². The molecule has 4 heterocycles. The Kier molecular flexibility index (Phi) is 4.40. The van der Waals surface area contributed by atoms with Crippen LogP contribution < -0.4 is 10.2 Å². The molecule has 2 aromatic heterocycles. The number of carbonyl (C=O) groups excluding carboxylic acids is 1. The van der Waals surface area contributed by atoms with E-state index in [1.54, 1.807) is 6.20 Å². The van der Waals surface area contributed by atoms with Crippen LogP contribution in [0.25, 0.3) is 0 Å². The Morgan fingerprint density at radius 1 is 1.36 bits per heavy atom. The first kappa shape index (κ1) is 16.1. The van der Waals surface area contributed by atoms with Crippen LogP contribution in [0.1, 0.15) is 28.4 Å². The van der Waals surface area contributed by atoms with Gasteiger partial charge in [-0.3, -0.25) is 9.78 Å². The lowest BCUT2D eigenvalue weighted by Gasteiger charge is -2.29. The number of ether oxygens (including phenoxy) is 1. The standard InChI is InChI=1S/C18H23N5O2/c1-13-11-23-12-14(2-3-17(23)20-13)21-18(24)16-10-15(4-5-19-16)22-6-8-25-9-7-22/h4-5,10-11,14H,2-3,6-9,12H2,1H3,(H,21,24). The number of amides is 1. The lowest BCUT2D eigenvalue weighted by atomic mass is 10.1. The Balaban J connectivity index is 1.43. The largest absolute Gasteiger partial charge is 0.378 e. The topological polar surface area (TPSA) is 72.3 Å². The fraction of sp³-hybridized carbons (Fsp3) is 0.500. The maximum atomic E-state index is 12.6. The molecule has 0 spiro atoms. The van der Waals surface area contributed by atoms with Gasteiger partial charge in [0.25, 0.3) is 5.91 Å². The van der Waals surface area contributed by atoms with Gasteiger partial charge in [0, 0.05) is 50.2 Å². The molecule has 0 aromatic carbocycles. The molecule has 1 saturated heterocycles. The molecule has 1 unspecified atom stereocenters. The van der Waals surface area contributed by atoms with Crippen LogP contribution in [0, 0.1) is 6.92 Å². The molecule has 0 aliphatic carbocycles. The van der Waals surface area contributed by atoms with E-state index in [1.807, 2.05) is 25.3 Å². The van der Waals surface area contributed by atoms with Gasteiger partial charge in [-0.05, 0) is 25.5 Å². The predicted molar refractivity (Wildman–Crippen MR) is 93.8 cm³/mol. The summed E-state index contributed by atoms with van der Waals surface area (Å²) in [4.78, 5) is 23.6. The molecule has 4 rings (SSSR count). The highest BCUT2D eigenvalue weighted by atomic mass is 16.5. The van der Waals surface area contributed by atoms with E-state index in [-0.39, 0.29) is 11.9 Å². The average Bonchev–Trinajstić information content (AvgIpc) is 3.02. The molecule has 7 heteroatoms. The Bertz CT molecular complexity index is 767. The molecule has 25 heavy (non-hydrogen) atoms. The number of hydrogen-bond donors (Lipinski definition) is 1. The quantitative estimate of drug-likeness (QED) is 0.907. The highest BCUT2D eigenvalue weighted by Crippen LogP contribution is 2.18. The second-order valence-corrected chi connectivity index (χ2v) is 6.66. The van der Waals surface area contributed by atoms with Crippen molar-refractivity contribution < 1.29 is 9.53 Å². The third-order valence-corrected chi connectivity index (χ3v) is 4.80. The van der Waals surface area contributed by atoms with Gasteiger partial charge < -0.3 is 19.5 Å². The molecule has 2 aliphatic rings. The zero-order valence-corrected chi connectivity index (χ0v) is 14.4. The van der Waals surface area contributed by atoms with Crippen molar-refractivity contribution in [1.29, 1.82) is 0 Å². The third-order valence-electron chi connectivity index (χ3n) is 4.80. The molecule has 0 bridgehead atoms. The smallest absolute Gasteiger partial charge is 0.270 e. The van der Waals surface area contributed by atoms with Crippen molar-refractivity contribution in [3.63, 3.8) is 0 Å². The van der Waals surface area contributed by atoms with Crippen LogP contribution in [0.4, 0.5) is 5.69 Å². The fourth-order valence-electron chi connectivity index (χ4n) is 3.53. The molecule has 132 valence electrons. The maximum Gasteiger partial charge on any atom is 0.270 e. The van der Waals surface area contributed by atoms with Crippen LogP contribution in [0.5, 0.6) is 0 Å². The summed E-state index contributed by atoms with van der Waals surface area (Å²) in [5.41, 5.74) is 2.53. The molecule has 1 N–H and O–H groups in total. The molecule has 0 radical (unpaired) electrons. The summed E-state index contributed by atoms with van der Waals surface area (Å²) in [6, 6.07) is 3.93. The number of nitrogens with one attached hydrogen (secondary N) is 1. The number of fused-ring (bicyclic) bond motifs is 1. The van der Waals surface area contributed by atoms with E-state index in [9.17, 15) is 4.79 Å². The monoisotopic (exact) mass is 341 g/mol. The van der Waals surface area contributed by atoms with Gasteiger partial charge in [0.1, 0.15) is 11.5 Å². The van der Waals surface area contributed by atoms with Crippen LogP contribution in [-0.4, -0.2) is 52.8 Å². The lowest BCUT2D eigenvalue weighted by Crippen LogP contribution is -2.41. The molecular formula is C18H23N5O2.